The number of hydrogen-bond donors (Lipinski definition) is 0. The average molecular weight is 448 g/mol. The van der Waals surface area contributed by atoms with E-state index in [2.05, 4.69) is 0 Å². The highest BCUT2D eigenvalue weighted by Gasteiger charge is 2.43. The van der Waals surface area contributed by atoms with Crippen molar-refractivity contribution < 1.29 is 31.7 Å². The highest BCUT2D eigenvalue weighted by atomic mass is 32.2. The molecular formula is C22H25NO7S. The van der Waals surface area contributed by atoms with Crippen LogP contribution in [0.2, 0.25) is 0 Å². The van der Waals surface area contributed by atoms with Crippen molar-refractivity contribution in [2.24, 2.45) is 0 Å². The third-order valence-corrected chi connectivity index (χ3v) is 6.21. The van der Waals surface area contributed by atoms with Gasteiger partial charge in [0.1, 0.15) is 12.6 Å². The predicted octanol–water partition coefficient (Wildman–Crippen LogP) is 3.04. The van der Waals surface area contributed by atoms with Crippen LogP contribution in [0.15, 0.2) is 59.5 Å². The Hall–Kier alpha value is -2.91. The second-order valence-electron chi connectivity index (χ2n) is 7.18. The lowest BCUT2D eigenvalue weighted by atomic mass is 10.2. The van der Waals surface area contributed by atoms with Crippen molar-refractivity contribution in [1.29, 1.82) is 0 Å². The molecular weight excluding hydrogens is 422 g/mol. The SMILES string of the molecule is CCOC(=O)[C@@H]1C[C@H](OS(=O)(=O)c2ccc(C)cc2)CN1C(=O)OCc1ccccc1. The monoisotopic (exact) mass is 447 g/mol. The smallest absolute Gasteiger partial charge is 0.410 e. The van der Waals surface area contributed by atoms with Gasteiger partial charge in [-0.1, -0.05) is 48.0 Å². The number of benzene rings is 2. The van der Waals surface area contributed by atoms with E-state index in [1.807, 2.05) is 25.1 Å². The number of hydrogen-bond acceptors (Lipinski definition) is 7. The maximum absolute atomic E-state index is 12.6. The summed E-state index contributed by atoms with van der Waals surface area (Å²) < 4.78 is 40.9. The zero-order valence-electron chi connectivity index (χ0n) is 17.4. The first-order valence-corrected chi connectivity index (χ1v) is 11.3. The Morgan fingerprint density at radius 3 is 2.35 bits per heavy atom. The summed E-state index contributed by atoms with van der Waals surface area (Å²) in [5, 5.41) is 0. The van der Waals surface area contributed by atoms with Crippen LogP contribution in [0.4, 0.5) is 4.79 Å². The Morgan fingerprint density at radius 1 is 1.03 bits per heavy atom. The standard InChI is InChI=1S/C22H25NO7S/c1-3-28-21(24)20-13-18(30-31(26,27)19-11-9-16(2)10-12-19)14-23(20)22(25)29-15-17-7-5-4-6-8-17/h4-12,18,20H,3,13-15H2,1-2H3/t18-,20-/m0/s1. The molecule has 3 rings (SSSR count). The molecule has 1 amide bonds. The molecule has 31 heavy (non-hydrogen) atoms. The number of rotatable bonds is 7. The molecule has 2 atom stereocenters. The molecule has 166 valence electrons. The fourth-order valence-corrected chi connectivity index (χ4v) is 4.35. The Bertz CT molecular complexity index is 1010. The summed E-state index contributed by atoms with van der Waals surface area (Å²) >= 11 is 0. The molecule has 1 saturated heterocycles. The Kier molecular flexibility index (Phi) is 7.29. The highest BCUT2D eigenvalue weighted by molar-refractivity contribution is 7.86. The van der Waals surface area contributed by atoms with Gasteiger partial charge in [0, 0.05) is 6.42 Å². The normalized spacial score (nSPS) is 18.6. The topological polar surface area (TPSA) is 99.2 Å². The van der Waals surface area contributed by atoms with Crippen molar-refractivity contribution >= 4 is 22.2 Å². The third-order valence-electron chi connectivity index (χ3n) is 4.83. The van der Waals surface area contributed by atoms with Gasteiger partial charge in [-0.3, -0.25) is 9.08 Å². The summed E-state index contributed by atoms with van der Waals surface area (Å²) in [5.74, 6) is -0.627. The summed E-state index contributed by atoms with van der Waals surface area (Å²) in [6.45, 7) is 3.55. The summed E-state index contributed by atoms with van der Waals surface area (Å²) in [5.41, 5.74) is 1.70. The first-order valence-electron chi connectivity index (χ1n) is 9.94. The van der Waals surface area contributed by atoms with E-state index in [-0.39, 0.29) is 31.1 Å². The van der Waals surface area contributed by atoms with Crippen molar-refractivity contribution in [3.05, 3.63) is 65.7 Å². The van der Waals surface area contributed by atoms with E-state index >= 15 is 0 Å². The van der Waals surface area contributed by atoms with Crippen LogP contribution < -0.4 is 0 Å². The van der Waals surface area contributed by atoms with Gasteiger partial charge in [0.15, 0.2) is 0 Å². The fraction of sp³-hybridized carbons (Fsp3) is 0.364. The molecule has 0 aromatic heterocycles. The number of carbonyl (C=O) groups excluding carboxylic acids is 2. The lowest BCUT2D eigenvalue weighted by molar-refractivity contribution is -0.148. The maximum Gasteiger partial charge on any atom is 0.410 e. The number of ether oxygens (including phenoxy) is 2. The van der Waals surface area contributed by atoms with E-state index < -0.39 is 34.3 Å². The lowest BCUT2D eigenvalue weighted by Crippen LogP contribution is -2.41. The molecule has 2 aromatic carbocycles. The Morgan fingerprint density at radius 2 is 1.71 bits per heavy atom. The van der Waals surface area contributed by atoms with Gasteiger partial charge in [-0.05, 0) is 31.5 Å². The second-order valence-corrected chi connectivity index (χ2v) is 8.75. The Balaban J connectivity index is 1.71. The van der Waals surface area contributed by atoms with E-state index in [1.54, 1.807) is 31.2 Å². The largest absolute Gasteiger partial charge is 0.464 e. The van der Waals surface area contributed by atoms with Crippen molar-refractivity contribution in [3.8, 4) is 0 Å². The number of carbonyl (C=O) groups is 2. The summed E-state index contributed by atoms with van der Waals surface area (Å²) in [4.78, 5) is 26.2. The number of esters is 1. The van der Waals surface area contributed by atoms with Crippen molar-refractivity contribution in [3.63, 3.8) is 0 Å². The van der Waals surface area contributed by atoms with Gasteiger partial charge < -0.3 is 9.47 Å². The van der Waals surface area contributed by atoms with Crippen LogP contribution in [0, 0.1) is 6.92 Å². The van der Waals surface area contributed by atoms with Crippen LogP contribution in [-0.4, -0.2) is 50.7 Å². The molecule has 9 heteroatoms. The summed E-state index contributed by atoms with van der Waals surface area (Å²) in [7, 11) is -4.06. The van der Waals surface area contributed by atoms with Gasteiger partial charge in [-0.25, -0.2) is 9.59 Å². The van der Waals surface area contributed by atoms with Crippen LogP contribution in [0.25, 0.3) is 0 Å². The van der Waals surface area contributed by atoms with Crippen molar-refractivity contribution in [2.45, 2.75) is 43.9 Å². The second kappa shape index (κ2) is 9.93. The molecule has 1 fully saturated rings. The average Bonchev–Trinajstić information content (AvgIpc) is 3.16. The van der Waals surface area contributed by atoms with Crippen LogP contribution in [0.1, 0.15) is 24.5 Å². The van der Waals surface area contributed by atoms with E-state index in [4.69, 9.17) is 13.7 Å². The number of amides is 1. The molecule has 2 aromatic rings. The van der Waals surface area contributed by atoms with Crippen LogP contribution in [0.5, 0.6) is 0 Å². The fourth-order valence-electron chi connectivity index (χ4n) is 3.27. The minimum Gasteiger partial charge on any atom is -0.464 e. The first kappa shape index (κ1) is 22.8. The summed E-state index contributed by atoms with van der Waals surface area (Å²) in [6, 6.07) is 14.4. The number of likely N-dealkylation sites (tertiary alicyclic amines) is 1. The van der Waals surface area contributed by atoms with Crippen molar-refractivity contribution in [2.75, 3.05) is 13.2 Å². The van der Waals surface area contributed by atoms with Gasteiger partial charge in [0.05, 0.1) is 24.2 Å². The van der Waals surface area contributed by atoms with E-state index in [0.29, 0.717) is 0 Å². The van der Waals surface area contributed by atoms with Gasteiger partial charge in [0.2, 0.25) is 0 Å². The van der Waals surface area contributed by atoms with E-state index in [1.165, 1.54) is 12.1 Å². The maximum atomic E-state index is 12.6. The van der Waals surface area contributed by atoms with Gasteiger partial charge in [-0.15, -0.1) is 0 Å². The molecule has 0 aliphatic carbocycles. The summed E-state index contributed by atoms with van der Waals surface area (Å²) in [6.07, 6.45) is -1.64. The first-order chi connectivity index (χ1) is 14.8. The van der Waals surface area contributed by atoms with Gasteiger partial charge in [0.25, 0.3) is 10.1 Å². The zero-order chi connectivity index (χ0) is 22.4. The molecule has 0 bridgehead atoms. The van der Waals surface area contributed by atoms with Crippen molar-refractivity contribution in [1.82, 2.24) is 4.90 Å². The Labute approximate surface area is 181 Å². The van der Waals surface area contributed by atoms with E-state index in [9.17, 15) is 18.0 Å². The molecule has 0 spiro atoms. The van der Waals surface area contributed by atoms with Crippen LogP contribution in [-0.2, 0) is 35.2 Å². The molecule has 0 N–H and O–H groups in total. The molecule has 0 saturated carbocycles. The van der Waals surface area contributed by atoms with Gasteiger partial charge in [-0.2, -0.15) is 8.42 Å². The van der Waals surface area contributed by atoms with E-state index in [0.717, 1.165) is 16.0 Å². The lowest BCUT2D eigenvalue weighted by Gasteiger charge is -2.22. The minimum atomic E-state index is -4.06. The van der Waals surface area contributed by atoms with Gasteiger partial charge >= 0.3 is 12.1 Å². The molecule has 8 nitrogen and oxygen atoms in total. The number of aryl methyl sites for hydroxylation is 1. The highest BCUT2D eigenvalue weighted by Crippen LogP contribution is 2.26. The minimum absolute atomic E-state index is 0.00956. The molecule has 0 unspecified atom stereocenters. The zero-order valence-corrected chi connectivity index (χ0v) is 18.2. The molecule has 0 radical (unpaired) electrons. The molecule has 1 aliphatic heterocycles. The predicted molar refractivity (Wildman–Crippen MR) is 112 cm³/mol. The van der Waals surface area contributed by atoms with Crippen LogP contribution in [0.3, 0.4) is 0 Å². The number of nitrogens with zero attached hydrogens (tertiary/aromatic N) is 1. The van der Waals surface area contributed by atoms with Crippen LogP contribution >= 0.6 is 0 Å². The quantitative estimate of drug-likeness (QED) is 0.475. The molecule has 1 heterocycles. The molecule has 1 aliphatic rings. The third kappa shape index (κ3) is 5.83.